The first-order valence-electron chi connectivity index (χ1n) is 12.3. The monoisotopic (exact) mass is 506 g/mol. The minimum Gasteiger partial charge on any atom is -0.352 e. The van der Waals surface area contributed by atoms with E-state index in [0.29, 0.717) is 11.4 Å². The fourth-order valence-corrected chi connectivity index (χ4v) is 5.74. The molecule has 1 aromatic heterocycles. The van der Waals surface area contributed by atoms with Crippen molar-refractivity contribution in [3.8, 4) is 5.69 Å². The van der Waals surface area contributed by atoms with Crippen molar-refractivity contribution >= 4 is 29.4 Å². The van der Waals surface area contributed by atoms with Crippen LogP contribution in [-0.2, 0) is 15.0 Å². The highest BCUT2D eigenvalue weighted by atomic mass is 32.2. The van der Waals surface area contributed by atoms with E-state index in [9.17, 15) is 9.59 Å². The highest BCUT2D eigenvalue weighted by Crippen LogP contribution is 2.48. The predicted octanol–water partition coefficient (Wildman–Crippen LogP) is 5.07. The molecule has 3 aromatic rings. The largest absolute Gasteiger partial charge is 0.352 e. The van der Waals surface area contributed by atoms with Crippen LogP contribution in [0.3, 0.4) is 0 Å². The molecule has 8 heteroatoms. The summed E-state index contributed by atoms with van der Waals surface area (Å²) in [6.45, 7) is 8.10. The fraction of sp³-hybridized carbons (Fsp3) is 0.393. The van der Waals surface area contributed by atoms with Crippen LogP contribution in [0.2, 0.25) is 0 Å². The number of anilines is 1. The van der Waals surface area contributed by atoms with E-state index in [1.807, 2.05) is 37.3 Å². The van der Waals surface area contributed by atoms with Gasteiger partial charge < -0.3 is 5.32 Å². The summed E-state index contributed by atoms with van der Waals surface area (Å²) in [6, 6.07) is 14.8. The Bertz CT molecular complexity index is 1310. The molecule has 2 aromatic carbocycles. The molecule has 2 heterocycles. The van der Waals surface area contributed by atoms with Crippen molar-refractivity contribution in [1.29, 1.82) is 0 Å². The standard InChI is InChI=1S/C28H31FN4O2S/c1-17-9-13-19(14-10-17)33-27-24(26(31-33)28(2,3)4)25(20-7-5-6-8-21(20)29)36-16-23(35)32(27)15-22(34)30-18-11-12-18/h5-10,13-14,18,25H,11-12,15-16H2,1-4H3,(H,30,34). The zero-order chi connectivity index (χ0) is 25.6. The molecule has 1 aliphatic heterocycles. The lowest BCUT2D eigenvalue weighted by Gasteiger charge is -2.24. The molecule has 1 fully saturated rings. The smallest absolute Gasteiger partial charge is 0.240 e. The Morgan fingerprint density at radius 1 is 1.14 bits per heavy atom. The molecule has 2 aliphatic rings. The van der Waals surface area contributed by atoms with E-state index >= 15 is 4.39 Å². The number of nitrogens with zero attached hydrogens (tertiary/aromatic N) is 3. The van der Waals surface area contributed by atoms with Gasteiger partial charge in [0.25, 0.3) is 0 Å². The van der Waals surface area contributed by atoms with E-state index in [1.165, 1.54) is 17.8 Å². The molecule has 188 valence electrons. The van der Waals surface area contributed by atoms with Gasteiger partial charge in [0.05, 0.1) is 22.4 Å². The van der Waals surface area contributed by atoms with Crippen LogP contribution in [0.15, 0.2) is 48.5 Å². The number of nitrogens with one attached hydrogen (secondary N) is 1. The molecule has 2 amide bonds. The number of carbonyl (C=O) groups is 2. The number of hydrogen-bond acceptors (Lipinski definition) is 4. The van der Waals surface area contributed by atoms with Crippen LogP contribution >= 0.6 is 11.8 Å². The molecule has 36 heavy (non-hydrogen) atoms. The minimum atomic E-state index is -0.449. The Morgan fingerprint density at radius 3 is 2.47 bits per heavy atom. The second-order valence-electron chi connectivity index (χ2n) is 10.6. The molecule has 1 unspecified atom stereocenters. The van der Waals surface area contributed by atoms with Gasteiger partial charge in [-0.3, -0.25) is 14.5 Å². The number of aromatic nitrogens is 2. The van der Waals surface area contributed by atoms with Crippen LogP contribution in [0.4, 0.5) is 10.2 Å². The summed E-state index contributed by atoms with van der Waals surface area (Å²) >= 11 is 1.38. The van der Waals surface area contributed by atoms with Crippen molar-refractivity contribution in [3.05, 3.63) is 76.7 Å². The Labute approximate surface area is 215 Å². The Hall–Kier alpha value is -3.13. The van der Waals surface area contributed by atoms with Crippen LogP contribution in [0, 0.1) is 12.7 Å². The number of hydrogen-bond donors (Lipinski definition) is 1. The normalized spacial score (nSPS) is 18.1. The van der Waals surface area contributed by atoms with E-state index in [2.05, 4.69) is 26.1 Å². The number of aryl methyl sites for hydroxylation is 1. The van der Waals surface area contributed by atoms with Crippen molar-refractivity contribution in [1.82, 2.24) is 15.1 Å². The summed E-state index contributed by atoms with van der Waals surface area (Å²) in [5.74, 6) is -0.0453. The molecule has 1 N–H and O–H groups in total. The first-order valence-corrected chi connectivity index (χ1v) is 13.3. The van der Waals surface area contributed by atoms with Crippen LogP contribution < -0.4 is 10.2 Å². The van der Waals surface area contributed by atoms with Crippen molar-refractivity contribution in [2.45, 2.75) is 57.2 Å². The number of carbonyl (C=O) groups excluding carboxylic acids is 2. The van der Waals surface area contributed by atoms with Gasteiger partial charge in [-0.15, -0.1) is 11.8 Å². The molecule has 0 bridgehead atoms. The lowest BCUT2D eigenvalue weighted by molar-refractivity contribution is -0.123. The van der Waals surface area contributed by atoms with Crippen molar-refractivity contribution in [3.63, 3.8) is 0 Å². The maximum absolute atomic E-state index is 15.2. The van der Waals surface area contributed by atoms with Crippen molar-refractivity contribution < 1.29 is 14.0 Å². The number of fused-ring (bicyclic) bond motifs is 1. The van der Waals surface area contributed by atoms with Crippen molar-refractivity contribution in [2.75, 3.05) is 17.2 Å². The maximum Gasteiger partial charge on any atom is 0.240 e. The van der Waals surface area contributed by atoms with Gasteiger partial charge in [-0.2, -0.15) is 5.10 Å². The van der Waals surface area contributed by atoms with Crippen LogP contribution in [0.1, 0.15) is 61.2 Å². The van der Waals surface area contributed by atoms with Gasteiger partial charge in [0.15, 0.2) is 0 Å². The lowest BCUT2D eigenvalue weighted by Crippen LogP contribution is -2.43. The molecule has 1 aliphatic carbocycles. The number of halogens is 1. The quantitative estimate of drug-likeness (QED) is 0.525. The lowest BCUT2D eigenvalue weighted by atomic mass is 9.87. The molecule has 1 saturated carbocycles. The molecular weight excluding hydrogens is 475 g/mol. The number of amides is 2. The van der Waals surface area contributed by atoms with Gasteiger partial charge in [-0.05, 0) is 38.0 Å². The average molecular weight is 507 g/mol. The zero-order valence-corrected chi connectivity index (χ0v) is 21.9. The SMILES string of the molecule is Cc1ccc(-n2nc(C(C)(C)C)c3c2N(CC(=O)NC2CC2)C(=O)CSC3c2ccccc2F)cc1. The predicted molar refractivity (Wildman–Crippen MR) is 141 cm³/mol. The Morgan fingerprint density at radius 2 is 1.83 bits per heavy atom. The van der Waals surface area contributed by atoms with Crippen LogP contribution in [-0.4, -0.2) is 39.9 Å². The summed E-state index contributed by atoms with van der Waals surface area (Å²) in [5.41, 5.74) is 3.56. The third-order valence-electron chi connectivity index (χ3n) is 6.51. The Balaban J connectivity index is 1.75. The second kappa shape index (κ2) is 9.39. The number of benzene rings is 2. The Kier molecular flexibility index (Phi) is 6.41. The van der Waals surface area contributed by atoms with Crippen LogP contribution in [0.25, 0.3) is 5.69 Å². The van der Waals surface area contributed by atoms with Gasteiger partial charge in [0.2, 0.25) is 11.8 Å². The van der Waals surface area contributed by atoms with E-state index in [0.717, 1.165) is 35.3 Å². The highest BCUT2D eigenvalue weighted by Gasteiger charge is 2.40. The third kappa shape index (κ3) is 4.78. The van der Waals surface area contributed by atoms with Gasteiger partial charge in [-0.25, -0.2) is 9.07 Å². The summed E-state index contributed by atoms with van der Waals surface area (Å²) in [4.78, 5) is 28.0. The van der Waals surface area contributed by atoms with Gasteiger partial charge in [-0.1, -0.05) is 56.7 Å². The molecule has 0 radical (unpaired) electrons. The molecule has 0 saturated heterocycles. The van der Waals surface area contributed by atoms with Crippen LogP contribution in [0.5, 0.6) is 0 Å². The van der Waals surface area contributed by atoms with Gasteiger partial charge in [0, 0.05) is 22.6 Å². The van der Waals surface area contributed by atoms with E-state index in [-0.39, 0.29) is 41.4 Å². The average Bonchev–Trinajstić information content (AvgIpc) is 3.56. The van der Waals surface area contributed by atoms with Gasteiger partial charge in [0.1, 0.15) is 18.2 Å². The summed E-state index contributed by atoms with van der Waals surface area (Å²) in [6.07, 6.45) is 1.93. The fourth-order valence-electron chi connectivity index (χ4n) is 4.52. The third-order valence-corrected chi connectivity index (χ3v) is 7.75. The highest BCUT2D eigenvalue weighted by molar-refractivity contribution is 8.00. The summed E-state index contributed by atoms with van der Waals surface area (Å²) in [7, 11) is 0. The summed E-state index contributed by atoms with van der Waals surface area (Å²) < 4.78 is 16.9. The topological polar surface area (TPSA) is 67.2 Å². The van der Waals surface area contributed by atoms with Gasteiger partial charge >= 0.3 is 0 Å². The first-order chi connectivity index (χ1) is 17.1. The first kappa shape index (κ1) is 24.6. The molecule has 1 atom stereocenters. The zero-order valence-electron chi connectivity index (χ0n) is 21.0. The van der Waals surface area contributed by atoms with E-state index in [1.54, 1.807) is 21.7 Å². The van der Waals surface area contributed by atoms with Crippen molar-refractivity contribution in [2.24, 2.45) is 0 Å². The number of rotatable bonds is 5. The minimum absolute atomic E-state index is 0.103. The second-order valence-corrected chi connectivity index (χ2v) is 11.7. The molecule has 0 spiro atoms. The number of thioether (sulfide) groups is 1. The van der Waals surface area contributed by atoms with E-state index < -0.39 is 5.25 Å². The molecule has 5 rings (SSSR count). The molecular formula is C28H31FN4O2S. The maximum atomic E-state index is 15.2. The molecule has 6 nitrogen and oxygen atoms in total. The summed E-state index contributed by atoms with van der Waals surface area (Å²) in [5, 5.41) is 7.58. The van der Waals surface area contributed by atoms with E-state index in [4.69, 9.17) is 5.10 Å².